The fourth-order valence-electron chi connectivity index (χ4n) is 3.56. The second kappa shape index (κ2) is 10.1. The van der Waals surface area contributed by atoms with E-state index in [-0.39, 0.29) is 36.4 Å². The van der Waals surface area contributed by atoms with Crippen molar-refractivity contribution in [3.63, 3.8) is 0 Å². The highest BCUT2D eigenvalue weighted by molar-refractivity contribution is 14.0. The van der Waals surface area contributed by atoms with Gasteiger partial charge in [0.05, 0.1) is 13.2 Å². The van der Waals surface area contributed by atoms with Gasteiger partial charge in [-0.15, -0.1) is 24.0 Å². The Balaban J connectivity index is 0.00000243. The van der Waals surface area contributed by atoms with Gasteiger partial charge in [0.1, 0.15) is 0 Å². The van der Waals surface area contributed by atoms with Gasteiger partial charge in [0.25, 0.3) is 0 Å². The maximum atomic E-state index is 12.6. The minimum absolute atomic E-state index is 0. The quantitative estimate of drug-likeness (QED) is 0.412. The molecule has 7 heteroatoms. The molecule has 2 aliphatic heterocycles. The van der Waals surface area contributed by atoms with Crippen molar-refractivity contribution in [2.75, 3.05) is 46.9 Å². The van der Waals surface area contributed by atoms with E-state index in [0.717, 1.165) is 45.1 Å². The topological polar surface area (TPSA) is 57.2 Å². The van der Waals surface area contributed by atoms with E-state index in [4.69, 9.17) is 4.74 Å². The fourth-order valence-corrected chi connectivity index (χ4v) is 3.56. The summed E-state index contributed by atoms with van der Waals surface area (Å²) in [6.45, 7) is 4.31. The van der Waals surface area contributed by atoms with Crippen LogP contribution in [0.4, 0.5) is 0 Å². The summed E-state index contributed by atoms with van der Waals surface area (Å²) in [5.74, 6) is 1.42. The van der Waals surface area contributed by atoms with E-state index >= 15 is 0 Å². The molecule has 144 valence electrons. The predicted octanol–water partition coefficient (Wildman–Crippen LogP) is 1.73. The molecule has 0 aromatic heterocycles. The van der Waals surface area contributed by atoms with Crippen LogP contribution in [0.5, 0.6) is 0 Å². The molecule has 1 aromatic carbocycles. The van der Waals surface area contributed by atoms with E-state index < -0.39 is 0 Å². The number of guanidine groups is 1. The number of nitrogens with one attached hydrogen (secondary N) is 1. The highest BCUT2D eigenvalue weighted by atomic mass is 127. The Morgan fingerprint density at radius 3 is 2.85 bits per heavy atom. The largest absolute Gasteiger partial charge is 0.381 e. The molecular formula is C19H29IN4O2. The number of aliphatic imine (C=N–C) groups is 1. The van der Waals surface area contributed by atoms with E-state index in [0.29, 0.717) is 12.5 Å². The number of fused-ring (bicyclic) bond motifs is 1. The number of halogens is 1. The van der Waals surface area contributed by atoms with Crippen molar-refractivity contribution in [1.82, 2.24) is 15.1 Å². The predicted molar refractivity (Wildman–Crippen MR) is 114 cm³/mol. The lowest BCUT2D eigenvalue weighted by Gasteiger charge is -2.30. The van der Waals surface area contributed by atoms with Crippen molar-refractivity contribution in [1.29, 1.82) is 0 Å². The third kappa shape index (κ3) is 5.33. The molecular weight excluding hydrogens is 443 g/mol. The van der Waals surface area contributed by atoms with Crippen LogP contribution in [0.3, 0.4) is 0 Å². The van der Waals surface area contributed by atoms with Crippen molar-refractivity contribution in [2.24, 2.45) is 10.9 Å². The molecule has 0 radical (unpaired) electrons. The van der Waals surface area contributed by atoms with E-state index in [1.54, 1.807) is 7.05 Å². The van der Waals surface area contributed by atoms with Gasteiger partial charge < -0.3 is 19.9 Å². The summed E-state index contributed by atoms with van der Waals surface area (Å²) in [5, 5.41) is 3.21. The van der Waals surface area contributed by atoms with Crippen molar-refractivity contribution in [2.45, 2.75) is 19.4 Å². The second-order valence-corrected chi connectivity index (χ2v) is 6.84. The van der Waals surface area contributed by atoms with Crippen molar-refractivity contribution in [3.8, 4) is 0 Å². The van der Waals surface area contributed by atoms with Crippen molar-refractivity contribution < 1.29 is 9.53 Å². The Hall–Kier alpha value is -1.35. The molecule has 1 N–H and O–H groups in total. The van der Waals surface area contributed by atoms with E-state index in [2.05, 4.69) is 33.4 Å². The van der Waals surface area contributed by atoms with Crippen LogP contribution in [-0.2, 0) is 22.5 Å². The molecule has 2 heterocycles. The molecule has 1 fully saturated rings. The Morgan fingerprint density at radius 2 is 2.15 bits per heavy atom. The van der Waals surface area contributed by atoms with Gasteiger partial charge in [0.15, 0.2) is 5.96 Å². The third-order valence-corrected chi connectivity index (χ3v) is 5.01. The first-order chi connectivity index (χ1) is 12.2. The van der Waals surface area contributed by atoms with Crippen LogP contribution in [0.15, 0.2) is 29.3 Å². The number of ether oxygens (including phenoxy) is 1. The molecule has 1 saturated heterocycles. The zero-order valence-corrected chi connectivity index (χ0v) is 17.9. The average Bonchev–Trinajstić information content (AvgIpc) is 3.14. The van der Waals surface area contributed by atoms with Crippen LogP contribution in [0.1, 0.15) is 17.5 Å². The Morgan fingerprint density at radius 1 is 1.38 bits per heavy atom. The van der Waals surface area contributed by atoms with Crippen LogP contribution >= 0.6 is 24.0 Å². The van der Waals surface area contributed by atoms with Crippen LogP contribution in [0, 0.1) is 5.92 Å². The zero-order chi connectivity index (χ0) is 17.6. The summed E-state index contributed by atoms with van der Waals surface area (Å²) in [6, 6.07) is 8.36. The Bertz CT molecular complexity index is 632. The normalized spacial score (nSPS) is 19.5. The molecule has 0 aliphatic carbocycles. The van der Waals surface area contributed by atoms with Gasteiger partial charge in [-0.3, -0.25) is 9.79 Å². The smallest absolute Gasteiger partial charge is 0.242 e. The monoisotopic (exact) mass is 472 g/mol. The molecule has 0 spiro atoms. The van der Waals surface area contributed by atoms with Crippen LogP contribution < -0.4 is 5.32 Å². The van der Waals surface area contributed by atoms with Crippen molar-refractivity contribution >= 4 is 35.8 Å². The molecule has 0 saturated carbocycles. The maximum Gasteiger partial charge on any atom is 0.242 e. The summed E-state index contributed by atoms with van der Waals surface area (Å²) in [4.78, 5) is 20.9. The molecule has 1 aromatic rings. The lowest BCUT2D eigenvalue weighted by molar-refractivity contribution is -0.130. The molecule has 0 bridgehead atoms. The zero-order valence-electron chi connectivity index (χ0n) is 15.6. The van der Waals surface area contributed by atoms with Gasteiger partial charge in [-0.25, -0.2) is 0 Å². The second-order valence-electron chi connectivity index (χ2n) is 6.84. The molecule has 1 amide bonds. The highest BCUT2D eigenvalue weighted by Crippen LogP contribution is 2.18. The highest BCUT2D eigenvalue weighted by Gasteiger charge is 2.22. The van der Waals surface area contributed by atoms with Crippen LogP contribution in [0.25, 0.3) is 0 Å². The number of carbonyl (C=O) groups is 1. The maximum absolute atomic E-state index is 12.6. The molecule has 2 aliphatic rings. The van der Waals surface area contributed by atoms with E-state index in [1.165, 1.54) is 11.1 Å². The lowest BCUT2D eigenvalue weighted by Crippen LogP contribution is -2.47. The molecule has 1 unspecified atom stereocenters. The average molecular weight is 472 g/mol. The fraction of sp³-hybridized carbons (Fsp3) is 0.579. The number of amides is 1. The molecule has 1 atom stereocenters. The summed E-state index contributed by atoms with van der Waals surface area (Å²) >= 11 is 0. The Labute approximate surface area is 173 Å². The minimum Gasteiger partial charge on any atom is -0.381 e. The summed E-state index contributed by atoms with van der Waals surface area (Å²) < 4.78 is 5.43. The summed E-state index contributed by atoms with van der Waals surface area (Å²) in [5.41, 5.74) is 2.61. The van der Waals surface area contributed by atoms with Crippen LogP contribution in [-0.4, -0.2) is 68.6 Å². The van der Waals surface area contributed by atoms with E-state index in [1.807, 2.05) is 18.0 Å². The number of benzene rings is 1. The van der Waals surface area contributed by atoms with Gasteiger partial charge in [-0.05, 0) is 24.0 Å². The number of nitrogens with zero attached hydrogens (tertiary/aromatic N) is 3. The third-order valence-electron chi connectivity index (χ3n) is 5.01. The summed E-state index contributed by atoms with van der Waals surface area (Å²) in [7, 11) is 3.76. The van der Waals surface area contributed by atoms with Gasteiger partial charge in [-0.1, -0.05) is 24.3 Å². The lowest BCUT2D eigenvalue weighted by atomic mass is 10.00. The summed E-state index contributed by atoms with van der Waals surface area (Å²) in [6.07, 6.45) is 2.02. The standard InChI is InChI=1S/C19H28N4O2.HI/c1-20-19(22(2)12-15-8-10-25-14-15)21-11-18(24)23-9-7-16-5-3-4-6-17(16)13-23;/h3-6,15H,7-14H2,1-2H3,(H,20,21);1H. The first kappa shape index (κ1) is 21.0. The first-order valence-corrected chi connectivity index (χ1v) is 9.01. The van der Waals surface area contributed by atoms with Crippen molar-refractivity contribution in [3.05, 3.63) is 35.4 Å². The number of rotatable bonds is 4. The van der Waals surface area contributed by atoms with E-state index in [9.17, 15) is 4.79 Å². The van der Waals surface area contributed by atoms with Gasteiger partial charge in [0.2, 0.25) is 5.91 Å². The minimum atomic E-state index is 0. The molecule has 26 heavy (non-hydrogen) atoms. The number of hydrogen-bond donors (Lipinski definition) is 1. The Kier molecular flexibility index (Phi) is 8.15. The number of hydrogen-bond acceptors (Lipinski definition) is 3. The molecule has 6 nitrogen and oxygen atoms in total. The van der Waals surface area contributed by atoms with Gasteiger partial charge in [-0.2, -0.15) is 0 Å². The van der Waals surface area contributed by atoms with Gasteiger partial charge >= 0.3 is 0 Å². The number of carbonyl (C=O) groups excluding carboxylic acids is 1. The van der Waals surface area contributed by atoms with Crippen LogP contribution in [0.2, 0.25) is 0 Å². The first-order valence-electron chi connectivity index (χ1n) is 9.01. The van der Waals surface area contributed by atoms with Gasteiger partial charge in [0, 0.05) is 46.3 Å². The SMILES string of the molecule is CN=C(NCC(=O)N1CCc2ccccc2C1)N(C)CC1CCOC1.I. The molecule has 3 rings (SSSR count).